The monoisotopic (exact) mass is 455 g/mol. The summed E-state index contributed by atoms with van der Waals surface area (Å²) in [6.45, 7) is 3.00. The first-order chi connectivity index (χ1) is 15.8. The Kier molecular flexibility index (Phi) is 5.18. The van der Waals surface area contributed by atoms with Gasteiger partial charge >= 0.3 is 11.8 Å². The molecule has 1 unspecified atom stereocenters. The molecule has 5 rings (SSSR count). The molecule has 4 heterocycles. The zero-order chi connectivity index (χ0) is 23.3. The Balaban J connectivity index is 1.35. The van der Waals surface area contributed by atoms with Crippen LogP contribution in [-0.2, 0) is 16.6 Å². The number of imide groups is 1. The number of likely N-dealkylation sites (tertiary alicyclic amines) is 1. The van der Waals surface area contributed by atoms with E-state index < -0.39 is 18.0 Å². The average molecular weight is 456 g/mol. The second-order valence-corrected chi connectivity index (χ2v) is 9.61. The molecular weight excluding hydrogens is 426 g/mol. The van der Waals surface area contributed by atoms with Gasteiger partial charge in [-0.1, -0.05) is 0 Å². The molecule has 0 saturated carbocycles. The number of carbonyl (C=O) groups is 3. The molecule has 1 aromatic carbocycles. The summed E-state index contributed by atoms with van der Waals surface area (Å²) in [4.78, 5) is 51.9. The van der Waals surface area contributed by atoms with E-state index in [-0.39, 0.29) is 23.4 Å². The number of carboxylic acid groups (broad SMARTS) is 1. The summed E-state index contributed by atoms with van der Waals surface area (Å²) in [6, 6.07) is 5.21. The molecule has 2 aromatic rings. The van der Waals surface area contributed by atoms with Crippen molar-refractivity contribution in [3.63, 3.8) is 0 Å². The molecule has 1 atom stereocenters. The van der Waals surface area contributed by atoms with Gasteiger partial charge in [0.05, 0.1) is 11.0 Å². The molecule has 3 fully saturated rings. The topological polar surface area (TPSA) is 117 Å². The number of hydrogen-bond donors (Lipinski definition) is 2. The molecule has 3 aliphatic heterocycles. The van der Waals surface area contributed by atoms with Crippen LogP contribution in [0, 0.1) is 5.41 Å². The number of aromatic nitrogens is 2. The van der Waals surface area contributed by atoms with Crippen LogP contribution in [0.3, 0.4) is 0 Å². The average Bonchev–Trinajstić information content (AvgIpc) is 3.04. The van der Waals surface area contributed by atoms with Crippen molar-refractivity contribution in [3.8, 4) is 0 Å². The number of benzene rings is 1. The molecule has 1 spiro atoms. The first-order valence-corrected chi connectivity index (χ1v) is 11.6. The first-order valence-electron chi connectivity index (χ1n) is 11.6. The van der Waals surface area contributed by atoms with Crippen LogP contribution in [0.5, 0.6) is 0 Å². The van der Waals surface area contributed by atoms with Crippen LogP contribution in [0.25, 0.3) is 11.0 Å². The lowest BCUT2D eigenvalue weighted by atomic mass is 9.71. The van der Waals surface area contributed by atoms with Gasteiger partial charge in [0.2, 0.25) is 11.8 Å². The molecule has 33 heavy (non-hydrogen) atoms. The molecule has 0 aliphatic carbocycles. The predicted octanol–water partition coefficient (Wildman–Crippen LogP) is 1.68. The van der Waals surface area contributed by atoms with Crippen LogP contribution in [0.4, 0.5) is 10.5 Å². The van der Waals surface area contributed by atoms with Crippen molar-refractivity contribution in [2.75, 3.05) is 31.1 Å². The van der Waals surface area contributed by atoms with Gasteiger partial charge in [-0.25, -0.2) is 9.59 Å². The van der Waals surface area contributed by atoms with E-state index in [0.29, 0.717) is 25.0 Å². The summed E-state index contributed by atoms with van der Waals surface area (Å²) in [5.74, 6) is -0.733. The number of piperidine rings is 3. The minimum atomic E-state index is -0.828. The maximum absolute atomic E-state index is 13.0. The summed E-state index contributed by atoms with van der Waals surface area (Å²) < 4.78 is 3.07. The van der Waals surface area contributed by atoms with Gasteiger partial charge in [-0.15, -0.1) is 0 Å². The number of aryl methyl sites for hydroxylation is 1. The van der Waals surface area contributed by atoms with Crippen LogP contribution in [-0.4, -0.2) is 63.2 Å². The minimum Gasteiger partial charge on any atom is -0.465 e. The highest BCUT2D eigenvalue weighted by atomic mass is 16.4. The van der Waals surface area contributed by atoms with E-state index in [1.54, 1.807) is 11.6 Å². The van der Waals surface area contributed by atoms with Gasteiger partial charge in [0.15, 0.2) is 0 Å². The van der Waals surface area contributed by atoms with Crippen molar-refractivity contribution in [2.45, 2.75) is 44.6 Å². The van der Waals surface area contributed by atoms with Crippen molar-refractivity contribution in [1.82, 2.24) is 19.4 Å². The lowest BCUT2D eigenvalue weighted by Gasteiger charge is -2.46. The summed E-state index contributed by atoms with van der Waals surface area (Å²) in [5.41, 5.74) is 2.44. The molecule has 3 amide bonds. The Bertz CT molecular complexity index is 1180. The van der Waals surface area contributed by atoms with Crippen LogP contribution < -0.4 is 15.9 Å². The number of rotatable bonds is 2. The fourth-order valence-corrected chi connectivity index (χ4v) is 5.69. The standard InChI is InChI=1S/C23H29N5O5/c1-25-18-14-15(26-10-6-23(7-11-26)8-12-27(13-9-23)22(32)33)2-3-16(18)28(21(25)31)17-4-5-19(29)24-20(17)30/h2-3,14,17H,4-13H2,1H3,(H,32,33)(H,24,29,30). The number of anilines is 1. The van der Waals surface area contributed by atoms with Gasteiger partial charge in [0.25, 0.3) is 0 Å². The Labute approximate surface area is 190 Å². The summed E-state index contributed by atoms with van der Waals surface area (Å²) in [5, 5.41) is 11.5. The van der Waals surface area contributed by atoms with E-state index in [1.165, 1.54) is 9.47 Å². The zero-order valence-corrected chi connectivity index (χ0v) is 18.7. The predicted molar refractivity (Wildman–Crippen MR) is 121 cm³/mol. The molecule has 10 nitrogen and oxygen atoms in total. The van der Waals surface area contributed by atoms with E-state index in [4.69, 9.17) is 0 Å². The molecule has 3 aliphatic rings. The van der Waals surface area contributed by atoms with Crippen LogP contribution >= 0.6 is 0 Å². The molecular formula is C23H29N5O5. The zero-order valence-electron chi connectivity index (χ0n) is 18.7. The van der Waals surface area contributed by atoms with Crippen LogP contribution in [0.1, 0.15) is 44.6 Å². The molecule has 10 heteroatoms. The maximum atomic E-state index is 13.0. The molecule has 176 valence electrons. The number of nitrogens with one attached hydrogen (secondary N) is 1. The Hall–Kier alpha value is -3.30. The summed E-state index contributed by atoms with van der Waals surface area (Å²) >= 11 is 0. The highest BCUT2D eigenvalue weighted by molar-refractivity contribution is 6.00. The number of amides is 3. The quantitative estimate of drug-likeness (QED) is 0.666. The van der Waals surface area contributed by atoms with Crippen molar-refractivity contribution < 1.29 is 19.5 Å². The SMILES string of the molecule is Cn1c(=O)n(C2CCC(=O)NC2=O)c2ccc(N3CCC4(CCN(C(=O)O)CC4)CC3)cc21. The molecule has 2 N–H and O–H groups in total. The lowest BCUT2D eigenvalue weighted by molar-refractivity contribution is -0.135. The summed E-state index contributed by atoms with van der Waals surface area (Å²) in [6.07, 6.45) is 3.58. The minimum absolute atomic E-state index is 0.217. The molecule has 0 radical (unpaired) electrons. The second kappa shape index (κ2) is 7.93. The number of carbonyl (C=O) groups excluding carboxylic acids is 2. The van der Waals surface area contributed by atoms with Crippen molar-refractivity contribution >= 4 is 34.6 Å². The van der Waals surface area contributed by atoms with Gasteiger partial charge in [0.1, 0.15) is 6.04 Å². The van der Waals surface area contributed by atoms with E-state index in [0.717, 1.165) is 50.0 Å². The third-order valence-electron chi connectivity index (χ3n) is 7.88. The van der Waals surface area contributed by atoms with Crippen LogP contribution in [0.2, 0.25) is 0 Å². The van der Waals surface area contributed by atoms with E-state index >= 15 is 0 Å². The van der Waals surface area contributed by atoms with Crippen molar-refractivity contribution in [1.29, 1.82) is 0 Å². The fraction of sp³-hybridized carbons (Fsp3) is 0.565. The van der Waals surface area contributed by atoms with Crippen molar-refractivity contribution in [3.05, 3.63) is 28.7 Å². The fourth-order valence-electron chi connectivity index (χ4n) is 5.69. The van der Waals surface area contributed by atoms with Gasteiger partial charge in [-0.2, -0.15) is 0 Å². The van der Waals surface area contributed by atoms with Crippen molar-refractivity contribution in [2.24, 2.45) is 12.5 Å². The van der Waals surface area contributed by atoms with E-state index in [2.05, 4.69) is 10.2 Å². The third kappa shape index (κ3) is 3.67. The Morgan fingerprint density at radius 2 is 1.70 bits per heavy atom. The summed E-state index contributed by atoms with van der Waals surface area (Å²) in [7, 11) is 1.71. The maximum Gasteiger partial charge on any atom is 0.407 e. The number of fused-ring (bicyclic) bond motifs is 1. The highest BCUT2D eigenvalue weighted by Gasteiger charge is 2.39. The van der Waals surface area contributed by atoms with Gasteiger partial charge < -0.3 is 14.9 Å². The lowest BCUT2D eigenvalue weighted by Crippen LogP contribution is -2.48. The van der Waals surface area contributed by atoms with E-state index in [1.807, 2.05) is 18.2 Å². The molecule has 0 bridgehead atoms. The molecule has 3 saturated heterocycles. The Morgan fingerprint density at radius 1 is 1.03 bits per heavy atom. The molecule has 1 aromatic heterocycles. The van der Waals surface area contributed by atoms with Gasteiger partial charge in [-0.3, -0.25) is 24.0 Å². The second-order valence-electron chi connectivity index (χ2n) is 9.61. The Morgan fingerprint density at radius 3 is 2.33 bits per heavy atom. The van der Waals surface area contributed by atoms with Gasteiger partial charge in [-0.05, 0) is 55.7 Å². The smallest absolute Gasteiger partial charge is 0.407 e. The van der Waals surface area contributed by atoms with Gasteiger partial charge in [0, 0.05) is 45.3 Å². The van der Waals surface area contributed by atoms with E-state index in [9.17, 15) is 24.3 Å². The highest BCUT2D eigenvalue weighted by Crippen LogP contribution is 2.42. The normalized spacial score (nSPS) is 23.2. The number of imidazole rings is 1. The first kappa shape index (κ1) is 21.5. The third-order valence-corrected chi connectivity index (χ3v) is 7.88. The van der Waals surface area contributed by atoms with Crippen LogP contribution in [0.15, 0.2) is 23.0 Å². The number of nitrogens with zero attached hydrogens (tertiary/aromatic N) is 4. The largest absolute Gasteiger partial charge is 0.465 e. The number of hydrogen-bond acceptors (Lipinski definition) is 5.